The van der Waals surface area contributed by atoms with E-state index in [2.05, 4.69) is 17.6 Å². The molecule has 0 aromatic heterocycles. The summed E-state index contributed by atoms with van der Waals surface area (Å²) in [5.74, 6) is -0.333. The first kappa shape index (κ1) is 21.3. The van der Waals surface area contributed by atoms with E-state index in [9.17, 15) is 14.4 Å². The fourth-order valence-electron chi connectivity index (χ4n) is 4.21. The van der Waals surface area contributed by atoms with Gasteiger partial charge < -0.3 is 20.4 Å². The number of benzene rings is 1. The number of carbonyl (C=O) groups excluding carboxylic acids is 3. The molecule has 0 radical (unpaired) electrons. The molecule has 2 fully saturated rings. The Bertz CT molecular complexity index is 719. The monoisotopic (exact) mass is 401 g/mol. The van der Waals surface area contributed by atoms with Crippen LogP contribution in [0.15, 0.2) is 24.3 Å². The molecule has 2 aliphatic heterocycles. The summed E-state index contributed by atoms with van der Waals surface area (Å²) in [4.78, 5) is 39.4. The van der Waals surface area contributed by atoms with Gasteiger partial charge in [0.1, 0.15) is 0 Å². The fourth-order valence-corrected chi connectivity index (χ4v) is 4.21. The Hall–Kier alpha value is -2.41. The quantitative estimate of drug-likeness (QED) is 0.555. The number of quaternary nitrogens is 1. The van der Waals surface area contributed by atoms with E-state index in [0.29, 0.717) is 24.6 Å². The molecule has 1 unspecified atom stereocenters. The predicted octanol–water partition coefficient (Wildman–Crippen LogP) is 0.507. The summed E-state index contributed by atoms with van der Waals surface area (Å²) in [5, 5.41) is 5.54. The third-order valence-electron chi connectivity index (χ3n) is 6.00. The molecule has 2 atom stereocenters. The average Bonchev–Trinajstić information content (AvgIpc) is 3.16. The highest BCUT2D eigenvalue weighted by Crippen LogP contribution is 2.21. The first-order valence-electron chi connectivity index (χ1n) is 10.8. The highest BCUT2D eigenvalue weighted by atomic mass is 16.2. The summed E-state index contributed by atoms with van der Waals surface area (Å²) in [6, 6.07) is 7.66. The lowest BCUT2D eigenvalue weighted by atomic mass is 10.0. The third-order valence-corrected chi connectivity index (χ3v) is 6.00. The number of likely N-dealkylation sites (tertiary alicyclic amines) is 1. The van der Waals surface area contributed by atoms with Crippen molar-refractivity contribution in [3.05, 3.63) is 29.8 Å². The fraction of sp³-hybridized carbons (Fsp3) is 0.591. The lowest BCUT2D eigenvalue weighted by Crippen LogP contribution is -3.16. The van der Waals surface area contributed by atoms with Crippen LogP contribution < -0.4 is 20.4 Å². The summed E-state index contributed by atoms with van der Waals surface area (Å²) >= 11 is 0. The molecule has 3 amide bonds. The van der Waals surface area contributed by atoms with Crippen LogP contribution in [0.3, 0.4) is 0 Å². The Balaban J connectivity index is 1.34. The lowest BCUT2D eigenvalue weighted by molar-refractivity contribution is -0.928. The van der Waals surface area contributed by atoms with Crippen molar-refractivity contribution in [3.63, 3.8) is 0 Å². The first-order chi connectivity index (χ1) is 14.0. The van der Waals surface area contributed by atoms with E-state index in [4.69, 9.17) is 0 Å². The van der Waals surface area contributed by atoms with Crippen LogP contribution in [0, 0.1) is 0 Å². The molecular formula is C22H33N4O3+. The zero-order valence-electron chi connectivity index (χ0n) is 17.3. The molecule has 2 aliphatic rings. The van der Waals surface area contributed by atoms with Crippen LogP contribution in [0.2, 0.25) is 0 Å². The van der Waals surface area contributed by atoms with E-state index in [-0.39, 0.29) is 24.3 Å². The van der Waals surface area contributed by atoms with Gasteiger partial charge >= 0.3 is 0 Å². The largest absolute Gasteiger partial charge is 0.354 e. The highest BCUT2D eigenvalue weighted by Gasteiger charge is 2.22. The van der Waals surface area contributed by atoms with Crippen LogP contribution in [-0.4, -0.2) is 56.5 Å². The second kappa shape index (κ2) is 10.4. The minimum Gasteiger partial charge on any atom is -0.354 e. The summed E-state index contributed by atoms with van der Waals surface area (Å²) in [5.41, 5.74) is 1.29. The van der Waals surface area contributed by atoms with Crippen molar-refractivity contribution < 1.29 is 19.3 Å². The smallest absolute Gasteiger partial charge is 0.251 e. The predicted molar refractivity (Wildman–Crippen MR) is 112 cm³/mol. The van der Waals surface area contributed by atoms with Gasteiger partial charge in [0.2, 0.25) is 11.8 Å². The standard InChI is InChI=1S/C22H32N4O3/c1-17-6-2-3-13-25(17)14-5-12-23-20(27)16-24-22(29)18-8-10-19(11-9-18)26-15-4-7-21(26)28/h8-11,17H,2-7,12-16H2,1H3,(H,23,27)(H,24,29)/p+1/t17-/m1/s1. The maximum absolute atomic E-state index is 12.2. The van der Waals surface area contributed by atoms with Gasteiger partial charge in [-0.1, -0.05) is 0 Å². The number of anilines is 1. The Labute approximate surface area is 172 Å². The molecule has 3 N–H and O–H groups in total. The molecule has 0 spiro atoms. The van der Waals surface area contributed by atoms with Gasteiger partial charge in [0.05, 0.1) is 25.7 Å². The van der Waals surface area contributed by atoms with Crippen molar-refractivity contribution in [3.8, 4) is 0 Å². The molecule has 7 heteroatoms. The molecule has 158 valence electrons. The second-order valence-electron chi connectivity index (χ2n) is 8.14. The van der Waals surface area contributed by atoms with Crippen molar-refractivity contribution in [1.82, 2.24) is 10.6 Å². The van der Waals surface area contributed by atoms with Gasteiger partial charge in [-0.05, 0) is 56.9 Å². The molecule has 2 heterocycles. The molecule has 1 aromatic rings. The van der Waals surface area contributed by atoms with Crippen molar-refractivity contribution in [2.24, 2.45) is 0 Å². The summed E-state index contributed by atoms with van der Waals surface area (Å²) in [6.45, 7) is 5.96. The van der Waals surface area contributed by atoms with Gasteiger partial charge in [0.25, 0.3) is 5.91 Å². The molecule has 0 saturated carbocycles. The number of rotatable bonds is 8. The van der Waals surface area contributed by atoms with Crippen molar-refractivity contribution in [2.45, 2.75) is 51.5 Å². The Morgan fingerprint density at radius 1 is 1.14 bits per heavy atom. The SMILES string of the molecule is C[C@@H]1CCCC[NH+]1CCCNC(=O)CNC(=O)c1ccc(N2CCCC2=O)cc1. The Kier molecular flexibility index (Phi) is 7.63. The number of nitrogens with zero attached hydrogens (tertiary/aromatic N) is 1. The van der Waals surface area contributed by atoms with Gasteiger partial charge in [0, 0.05) is 37.2 Å². The minimum atomic E-state index is -0.286. The zero-order valence-corrected chi connectivity index (χ0v) is 17.3. The van der Waals surface area contributed by atoms with E-state index in [1.807, 2.05) is 0 Å². The summed E-state index contributed by atoms with van der Waals surface area (Å²) in [6.07, 6.45) is 6.33. The zero-order chi connectivity index (χ0) is 20.6. The third kappa shape index (κ3) is 6.03. The summed E-state index contributed by atoms with van der Waals surface area (Å²) in [7, 11) is 0. The van der Waals surface area contributed by atoms with E-state index >= 15 is 0 Å². The van der Waals surface area contributed by atoms with Gasteiger partial charge in [-0.25, -0.2) is 0 Å². The van der Waals surface area contributed by atoms with Crippen molar-refractivity contribution in [1.29, 1.82) is 0 Å². The molecular weight excluding hydrogens is 368 g/mol. The average molecular weight is 402 g/mol. The molecule has 29 heavy (non-hydrogen) atoms. The van der Waals surface area contributed by atoms with Crippen molar-refractivity contribution in [2.75, 3.05) is 37.6 Å². The van der Waals surface area contributed by atoms with Gasteiger partial charge in [0.15, 0.2) is 0 Å². The first-order valence-corrected chi connectivity index (χ1v) is 10.8. The maximum atomic E-state index is 12.2. The van der Waals surface area contributed by atoms with Crippen molar-refractivity contribution >= 4 is 23.4 Å². The maximum Gasteiger partial charge on any atom is 0.251 e. The van der Waals surface area contributed by atoms with Crippen LogP contribution in [0.1, 0.15) is 55.8 Å². The van der Waals surface area contributed by atoms with Gasteiger partial charge in [-0.15, -0.1) is 0 Å². The molecule has 7 nitrogen and oxygen atoms in total. The van der Waals surface area contributed by atoms with Crippen LogP contribution in [-0.2, 0) is 9.59 Å². The topological polar surface area (TPSA) is 82.9 Å². The van der Waals surface area contributed by atoms with Gasteiger partial charge in [-0.2, -0.15) is 0 Å². The number of hydrogen-bond acceptors (Lipinski definition) is 3. The van der Waals surface area contributed by atoms with Gasteiger partial charge in [-0.3, -0.25) is 14.4 Å². The van der Waals surface area contributed by atoms with E-state index in [1.165, 1.54) is 25.8 Å². The Morgan fingerprint density at radius 2 is 1.93 bits per heavy atom. The number of amides is 3. The molecule has 1 aromatic carbocycles. The highest BCUT2D eigenvalue weighted by molar-refractivity contribution is 5.98. The van der Waals surface area contributed by atoms with E-state index in [1.54, 1.807) is 34.1 Å². The summed E-state index contributed by atoms with van der Waals surface area (Å²) < 4.78 is 0. The molecule has 0 aliphatic carbocycles. The number of hydrogen-bond donors (Lipinski definition) is 3. The van der Waals surface area contributed by atoms with E-state index < -0.39 is 0 Å². The second-order valence-corrected chi connectivity index (χ2v) is 8.14. The Morgan fingerprint density at radius 3 is 2.62 bits per heavy atom. The van der Waals surface area contributed by atoms with Crippen LogP contribution >= 0.6 is 0 Å². The molecule has 0 bridgehead atoms. The van der Waals surface area contributed by atoms with Crippen LogP contribution in [0.4, 0.5) is 5.69 Å². The minimum absolute atomic E-state index is 0.0296. The molecule has 2 saturated heterocycles. The lowest BCUT2D eigenvalue weighted by Gasteiger charge is -2.30. The normalized spacial score (nSPS) is 21.8. The number of nitrogens with one attached hydrogen (secondary N) is 3. The number of piperidine rings is 1. The number of carbonyl (C=O) groups is 3. The van der Waals surface area contributed by atoms with Crippen LogP contribution in [0.25, 0.3) is 0 Å². The van der Waals surface area contributed by atoms with E-state index in [0.717, 1.165) is 31.6 Å². The van der Waals surface area contributed by atoms with Crippen LogP contribution in [0.5, 0.6) is 0 Å². The molecule has 3 rings (SSSR count).